The number of hydrogen-bond donors (Lipinski definition) is 3. The normalized spacial score (nSPS) is 11.9. The summed E-state index contributed by atoms with van der Waals surface area (Å²) in [7, 11) is 1.50. The molecule has 6 nitrogen and oxygen atoms in total. The molecule has 0 fully saturated rings. The van der Waals surface area contributed by atoms with Gasteiger partial charge in [0, 0.05) is 7.11 Å². The molecule has 1 aromatic rings. The van der Waals surface area contributed by atoms with Crippen molar-refractivity contribution in [3.63, 3.8) is 0 Å². The van der Waals surface area contributed by atoms with Gasteiger partial charge in [0.15, 0.2) is 6.61 Å². The number of aliphatic hydroxyl groups is 1. The van der Waals surface area contributed by atoms with Crippen molar-refractivity contribution in [2.75, 3.05) is 32.7 Å². The highest BCUT2D eigenvalue weighted by Gasteiger charge is 2.11. The second kappa shape index (κ2) is 7.52. The fourth-order valence-electron chi connectivity index (χ4n) is 1.37. The lowest BCUT2D eigenvalue weighted by molar-refractivity contribution is -0.124. The SMILES string of the molecule is COCC(CO)NC(=O)COc1ccccc1N. The Morgan fingerprint density at radius 2 is 2.22 bits per heavy atom. The van der Waals surface area contributed by atoms with E-state index in [0.29, 0.717) is 11.4 Å². The molecular formula is C12H18N2O4. The zero-order valence-electron chi connectivity index (χ0n) is 10.3. The van der Waals surface area contributed by atoms with E-state index in [4.69, 9.17) is 20.3 Å². The molecular weight excluding hydrogens is 236 g/mol. The maximum atomic E-state index is 11.5. The highest BCUT2D eigenvalue weighted by atomic mass is 16.5. The van der Waals surface area contributed by atoms with Crippen molar-refractivity contribution in [1.29, 1.82) is 0 Å². The third-order valence-electron chi connectivity index (χ3n) is 2.23. The van der Waals surface area contributed by atoms with Crippen LogP contribution in [0.5, 0.6) is 5.75 Å². The van der Waals surface area contributed by atoms with Crippen molar-refractivity contribution in [3.05, 3.63) is 24.3 Å². The Hall–Kier alpha value is -1.79. The minimum absolute atomic E-state index is 0.158. The van der Waals surface area contributed by atoms with Gasteiger partial charge in [-0.1, -0.05) is 12.1 Å². The van der Waals surface area contributed by atoms with Crippen molar-refractivity contribution in [2.24, 2.45) is 0 Å². The summed E-state index contributed by atoms with van der Waals surface area (Å²) < 4.78 is 10.1. The Kier molecular flexibility index (Phi) is 5.96. The van der Waals surface area contributed by atoms with Crippen LogP contribution in [0.4, 0.5) is 5.69 Å². The van der Waals surface area contributed by atoms with E-state index in [0.717, 1.165) is 0 Å². The van der Waals surface area contributed by atoms with Gasteiger partial charge in [0.05, 0.1) is 24.9 Å². The van der Waals surface area contributed by atoms with E-state index < -0.39 is 6.04 Å². The predicted molar refractivity (Wildman–Crippen MR) is 67.2 cm³/mol. The summed E-state index contributed by atoms with van der Waals surface area (Å²) in [6.45, 7) is -0.100. The molecule has 1 aromatic carbocycles. The summed E-state index contributed by atoms with van der Waals surface area (Å²) in [5.41, 5.74) is 6.14. The van der Waals surface area contributed by atoms with Gasteiger partial charge in [-0.25, -0.2) is 0 Å². The molecule has 18 heavy (non-hydrogen) atoms. The number of anilines is 1. The minimum Gasteiger partial charge on any atom is -0.482 e. The lowest BCUT2D eigenvalue weighted by Crippen LogP contribution is -2.42. The number of nitrogens with one attached hydrogen (secondary N) is 1. The van der Waals surface area contributed by atoms with Gasteiger partial charge in [0.1, 0.15) is 5.75 Å². The molecule has 1 amide bonds. The van der Waals surface area contributed by atoms with E-state index in [2.05, 4.69) is 5.32 Å². The summed E-state index contributed by atoms with van der Waals surface area (Å²) in [5.74, 6) is 0.120. The van der Waals surface area contributed by atoms with Crippen molar-refractivity contribution in [2.45, 2.75) is 6.04 Å². The van der Waals surface area contributed by atoms with Crippen LogP contribution in [-0.4, -0.2) is 44.0 Å². The van der Waals surface area contributed by atoms with Crippen LogP contribution in [0.15, 0.2) is 24.3 Å². The van der Waals surface area contributed by atoms with Gasteiger partial charge in [0.25, 0.3) is 5.91 Å². The summed E-state index contributed by atoms with van der Waals surface area (Å²) in [6, 6.07) is 6.49. The molecule has 1 unspecified atom stereocenters. The fourth-order valence-corrected chi connectivity index (χ4v) is 1.37. The van der Waals surface area contributed by atoms with E-state index >= 15 is 0 Å². The molecule has 0 aromatic heterocycles. The molecule has 0 spiro atoms. The van der Waals surface area contributed by atoms with Crippen LogP contribution in [0, 0.1) is 0 Å². The average Bonchev–Trinajstić information content (AvgIpc) is 2.37. The van der Waals surface area contributed by atoms with E-state index in [9.17, 15) is 4.79 Å². The Bertz CT molecular complexity index is 384. The molecule has 0 aliphatic rings. The van der Waals surface area contributed by atoms with Gasteiger partial charge in [0.2, 0.25) is 0 Å². The Labute approximate surface area is 106 Å². The first-order valence-corrected chi connectivity index (χ1v) is 5.53. The smallest absolute Gasteiger partial charge is 0.258 e. The Morgan fingerprint density at radius 3 is 2.83 bits per heavy atom. The first kappa shape index (κ1) is 14.3. The number of amides is 1. The standard InChI is InChI=1S/C12H18N2O4/c1-17-7-9(6-15)14-12(16)8-18-11-5-3-2-4-10(11)13/h2-5,9,15H,6-8,13H2,1H3,(H,14,16). The van der Waals surface area contributed by atoms with Crippen LogP contribution in [0.2, 0.25) is 0 Å². The van der Waals surface area contributed by atoms with Gasteiger partial charge in [-0.05, 0) is 12.1 Å². The molecule has 100 valence electrons. The third kappa shape index (κ3) is 4.60. The molecule has 4 N–H and O–H groups in total. The van der Waals surface area contributed by atoms with E-state index in [1.165, 1.54) is 7.11 Å². The predicted octanol–water partition coefficient (Wildman–Crippen LogP) is -0.229. The van der Waals surface area contributed by atoms with E-state index in [1.807, 2.05) is 0 Å². The summed E-state index contributed by atoms with van der Waals surface area (Å²) in [5, 5.41) is 11.6. The number of nitrogen functional groups attached to an aromatic ring is 1. The Balaban J connectivity index is 2.39. The Morgan fingerprint density at radius 1 is 1.50 bits per heavy atom. The number of rotatable bonds is 7. The summed E-state index contributed by atoms with van der Waals surface area (Å²) in [6.07, 6.45) is 0. The van der Waals surface area contributed by atoms with Crippen LogP contribution in [0.1, 0.15) is 0 Å². The highest BCUT2D eigenvalue weighted by Crippen LogP contribution is 2.19. The second-order valence-corrected chi connectivity index (χ2v) is 3.73. The molecule has 0 aliphatic heterocycles. The minimum atomic E-state index is -0.431. The zero-order valence-corrected chi connectivity index (χ0v) is 10.3. The summed E-state index contributed by atoms with van der Waals surface area (Å²) in [4.78, 5) is 11.5. The number of aliphatic hydroxyl groups excluding tert-OH is 1. The van der Waals surface area contributed by atoms with Gasteiger partial charge < -0.3 is 25.6 Å². The van der Waals surface area contributed by atoms with Crippen molar-refractivity contribution < 1.29 is 19.4 Å². The van der Waals surface area contributed by atoms with Crippen LogP contribution < -0.4 is 15.8 Å². The quantitative estimate of drug-likeness (QED) is 0.584. The van der Waals surface area contributed by atoms with Crippen LogP contribution in [0.3, 0.4) is 0 Å². The molecule has 0 saturated heterocycles. The van der Waals surface area contributed by atoms with Crippen molar-refractivity contribution >= 4 is 11.6 Å². The molecule has 0 radical (unpaired) electrons. The van der Waals surface area contributed by atoms with E-state index in [-0.39, 0.29) is 25.7 Å². The van der Waals surface area contributed by atoms with Crippen LogP contribution in [0.25, 0.3) is 0 Å². The number of methoxy groups -OCH3 is 1. The van der Waals surface area contributed by atoms with Gasteiger partial charge in [-0.3, -0.25) is 4.79 Å². The molecule has 6 heteroatoms. The maximum absolute atomic E-state index is 11.5. The molecule has 0 aliphatic carbocycles. The largest absolute Gasteiger partial charge is 0.482 e. The zero-order chi connectivity index (χ0) is 13.4. The van der Waals surface area contributed by atoms with Crippen molar-refractivity contribution in [3.8, 4) is 5.75 Å². The summed E-state index contributed by atoms with van der Waals surface area (Å²) >= 11 is 0. The number of nitrogens with two attached hydrogens (primary N) is 1. The number of ether oxygens (including phenoxy) is 2. The third-order valence-corrected chi connectivity index (χ3v) is 2.23. The van der Waals surface area contributed by atoms with Crippen molar-refractivity contribution in [1.82, 2.24) is 5.32 Å². The first-order valence-electron chi connectivity index (χ1n) is 5.53. The fraction of sp³-hybridized carbons (Fsp3) is 0.417. The van der Waals surface area contributed by atoms with Crippen LogP contribution in [-0.2, 0) is 9.53 Å². The first-order chi connectivity index (χ1) is 8.67. The molecule has 0 bridgehead atoms. The van der Waals surface area contributed by atoms with Crippen LogP contribution >= 0.6 is 0 Å². The monoisotopic (exact) mass is 254 g/mol. The highest BCUT2D eigenvalue weighted by molar-refractivity contribution is 5.78. The topological polar surface area (TPSA) is 93.8 Å². The van der Waals surface area contributed by atoms with Gasteiger partial charge >= 0.3 is 0 Å². The van der Waals surface area contributed by atoms with Gasteiger partial charge in [-0.2, -0.15) is 0 Å². The van der Waals surface area contributed by atoms with E-state index in [1.54, 1.807) is 24.3 Å². The number of hydrogen-bond acceptors (Lipinski definition) is 5. The molecule has 1 atom stereocenters. The number of benzene rings is 1. The number of para-hydroxylation sites is 2. The van der Waals surface area contributed by atoms with Gasteiger partial charge in [-0.15, -0.1) is 0 Å². The molecule has 0 saturated carbocycles. The lowest BCUT2D eigenvalue weighted by atomic mass is 10.3. The number of carbonyl (C=O) groups is 1. The maximum Gasteiger partial charge on any atom is 0.258 e. The lowest BCUT2D eigenvalue weighted by Gasteiger charge is -2.15. The second-order valence-electron chi connectivity index (χ2n) is 3.73. The average molecular weight is 254 g/mol. The molecule has 0 heterocycles. The molecule has 1 rings (SSSR count). The number of carbonyl (C=O) groups excluding carboxylic acids is 1.